The molecule has 6 heteroatoms. The fourth-order valence-corrected chi connectivity index (χ4v) is 2.91. The Hall–Kier alpha value is -0.430. The van der Waals surface area contributed by atoms with E-state index in [1.807, 2.05) is 24.3 Å². The maximum absolute atomic E-state index is 11.3. The van der Waals surface area contributed by atoms with Crippen LogP contribution < -0.4 is 5.32 Å². The highest BCUT2D eigenvalue weighted by Crippen LogP contribution is 2.22. The normalized spacial score (nSPS) is 13.3. The fourth-order valence-electron chi connectivity index (χ4n) is 1.93. The van der Waals surface area contributed by atoms with Crippen LogP contribution in [-0.2, 0) is 14.6 Å². The largest absolute Gasteiger partial charge is 0.383 e. The molecule has 1 rings (SSSR count). The van der Waals surface area contributed by atoms with Gasteiger partial charge in [-0.25, -0.2) is 8.42 Å². The van der Waals surface area contributed by atoms with Crippen LogP contribution in [0.1, 0.15) is 17.9 Å². The van der Waals surface area contributed by atoms with E-state index in [2.05, 4.69) is 21.2 Å². The van der Waals surface area contributed by atoms with Crippen LogP contribution in [0.5, 0.6) is 0 Å². The van der Waals surface area contributed by atoms with E-state index in [-0.39, 0.29) is 11.7 Å². The van der Waals surface area contributed by atoms with E-state index in [1.165, 1.54) is 6.26 Å². The smallest absolute Gasteiger partial charge is 0.147 e. The first-order chi connectivity index (χ1) is 9.42. The second-order valence-corrected chi connectivity index (χ2v) is 8.04. The van der Waals surface area contributed by atoms with Crippen LogP contribution in [0, 0.1) is 0 Å². The van der Waals surface area contributed by atoms with Gasteiger partial charge in [0.25, 0.3) is 0 Å². The molecule has 0 heterocycles. The number of rotatable bonds is 9. The summed E-state index contributed by atoms with van der Waals surface area (Å²) in [5.41, 5.74) is 1.15. The second-order valence-electron chi connectivity index (χ2n) is 4.86. The third-order valence-electron chi connectivity index (χ3n) is 3.05. The standard InChI is InChI=1S/C14H22BrNO3S/c1-19-9-8-16-11-13(7-10-20(2,17)18)12-3-5-14(15)6-4-12/h3-6,13,16H,7-11H2,1-2H3. The SMILES string of the molecule is COCCNCC(CCS(C)(=O)=O)c1ccc(Br)cc1. The zero-order valence-electron chi connectivity index (χ0n) is 11.9. The van der Waals surface area contributed by atoms with E-state index in [9.17, 15) is 8.42 Å². The molecule has 0 radical (unpaired) electrons. The first-order valence-electron chi connectivity index (χ1n) is 6.55. The van der Waals surface area contributed by atoms with Gasteiger partial charge >= 0.3 is 0 Å². The van der Waals surface area contributed by atoms with Crippen LogP contribution in [0.3, 0.4) is 0 Å². The third kappa shape index (κ3) is 7.38. The first-order valence-corrected chi connectivity index (χ1v) is 9.40. The molecule has 0 bridgehead atoms. The minimum Gasteiger partial charge on any atom is -0.383 e. The topological polar surface area (TPSA) is 55.4 Å². The van der Waals surface area contributed by atoms with E-state index in [0.29, 0.717) is 13.0 Å². The molecule has 0 aliphatic carbocycles. The second kappa shape index (κ2) is 8.77. The lowest BCUT2D eigenvalue weighted by Crippen LogP contribution is -2.26. The van der Waals surface area contributed by atoms with Gasteiger partial charge in [0.2, 0.25) is 0 Å². The Morgan fingerprint density at radius 1 is 1.30 bits per heavy atom. The minimum atomic E-state index is -2.93. The number of hydrogen-bond donors (Lipinski definition) is 1. The molecule has 1 aromatic carbocycles. The first kappa shape index (κ1) is 17.6. The van der Waals surface area contributed by atoms with Crippen LogP contribution >= 0.6 is 15.9 Å². The fraction of sp³-hybridized carbons (Fsp3) is 0.571. The van der Waals surface area contributed by atoms with E-state index in [1.54, 1.807) is 7.11 Å². The maximum Gasteiger partial charge on any atom is 0.147 e. The molecule has 1 unspecified atom stereocenters. The maximum atomic E-state index is 11.3. The predicted octanol–water partition coefficient (Wildman–Crippen LogP) is 2.20. The summed E-state index contributed by atoms with van der Waals surface area (Å²) >= 11 is 3.41. The lowest BCUT2D eigenvalue weighted by molar-refractivity contribution is 0.199. The molecule has 0 aromatic heterocycles. The number of nitrogens with one attached hydrogen (secondary N) is 1. The minimum absolute atomic E-state index is 0.190. The van der Waals surface area contributed by atoms with Crippen LogP contribution in [-0.4, -0.2) is 47.2 Å². The van der Waals surface area contributed by atoms with E-state index in [0.717, 1.165) is 23.1 Å². The van der Waals surface area contributed by atoms with Crippen molar-refractivity contribution >= 4 is 25.8 Å². The molecular weight excluding hydrogens is 342 g/mol. The summed E-state index contributed by atoms with van der Waals surface area (Å²) in [7, 11) is -1.27. The molecule has 0 fully saturated rings. The van der Waals surface area contributed by atoms with E-state index >= 15 is 0 Å². The van der Waals surface area contributed by atoms with Gasteiger partial charge in [0, 0.05) is 30.9 Å². The molecule has 114 valence electrons. The Bertz CT molecular complexity index is 488. The Balaban J connectivity index is 2.65. The average molecular weight is 364 g/mol. The molecule has 0 aliphatic heterocycles. The number of methoxy groups -OCH3 is 1. The van der Waals surface area contributed by atoms with Gasteiger partial charge in [0.1, 0.15) is 9.84 Å². The number of benzene rings is 1. The highest BCUT2D eigenvalue weighted by Gasteiger charge is 2.14. The van der Waals surface area contributed by atoms with E-state index < -0.39 is 9.84 Å². The highest BCUT2D eigenvalue weighted by molar-refractivity contribution is 9.10. The molecule has 0 amide bonds. The number of hydrogen-bond acceptors (Lipinski definition) is 4. The van der Waals surface area contributed by atoms with Crippen molar-refractivity contribution in [2.45, 2.75) is 12.3 Å². The summed E-state index contributed by atoms with van der Waals surface area (Å²) in [6, 6.07) is 8.04. The van der Waals surface area contributed by atoms with Crippen LogP contribution in [0.25, 0.3) is 0 Å². The van der Waals surface area contributed by atoms with Gasteiger partial charge in [-0.3, -0.25) is 0 Å². The van der Waals surface area contributed by atoms with Crippen LogP contribution in [0.2, 0.25) is 0 Å². The van der Waals surface area contributed by atoms with Gasteiger partial charge in [-0.15, -0.1) is 0 Å². The Morgan fingerprint density at radius 2 is 1.95 bits per heavy atom. The molecule has 4 nitrogen and oxygen atoms in total. The summed E-state index contributed by atoms with van der Waals surface area (Å²) in [4.78, 5) is 0. The number of ether oxygens (including phenoxy) is 1. The molecule has 0 aliphatic rings. The summed E-state index contributed by atoms with van der Waals surface area (Å²) in [5.74, 6) is 0.398. The van der Waals surface area contributed by atoms with Crippen molar-refractivity contribution in [3.63, 3.8) is 0 Å². The molecular formula is C14H22BrNO3S. The zero-order chi connectivity index (χ0) is 15.0. The predicted molar refractivity (Wildman–Crippen MR) is 86.0 cm³/mol. The van der Waals surface area contributed by atoms with Crippen LogP contribution in [0.15, 0.2) is 28.7 Å². The molecule has 0 saturated heterocycles. The molecule has 0 saturated carbocycles. The van der Waals surface area contributed by atoms with Gasteiger partial charge in [0.05, 0.1) is 12.4 Å². The Labute approximate surface area is 130 Å². The lowest BCUT2D eigenvalue weighted by atomic mass is 9.96. The van der Waals surface area contributed by atoms with E-state index in [4.69, 9.17) is 4.74 Å². The Kier molecular flexibility index (Phi) is 7.72. The van der Waals surface area contributed by atoms with Crippen molar-refractivity contribution in [3.05, 3.63) is 34.3 Å². The monoisotopic (exact) mass is 363 g/mol. The number of halogens is 1. The molecule has 1 atom stereocenters. The van der Waals surface area contributed by atoms with Gasteiger partial charge in [-0.1, -0.05) is 28.1 Å². The quantitative estimate of drug-likeness (QED) is 0.683. The van der Waals surface area contributed by atoms with Crippen molar-refractivity contribution < 1.29 is 13.2 Å². The third-order valence-corrected chi connectivity index (χ3v) is 4.56. The van der Waals surface area contributed by atoms with Gasteiger partial charge < -0.3 is 10.1 Å². The summed E-state index contributed by atoms with van der Waals surface area (Å²) < 4.78 is 28.7. The van der Waals surface area contributed by atoms with Crippen molar-refractivity contribution in [1.29, 1.82) is 0 Å². The zero-order valence-corrected chi connectivity index (χ0v) is 14.3. The molecule has 1 N–H and O–H groups in total. The molecule has 1 aromatic rings. The molecule has 0 spiro atoms. The van der Waals surface area contributed by atoms with Crippen molar-refractivity contribution in [2.75, 3.05) is 38.8 Å². The summed E-state index contributed by atoms with van der Waals surface area (Å²) in [6.45, 7) is 2.17. The summed E-state index contributed by atoms with van der Waals surface area (Å²) in [5, 5.41) is 3.30. The summed E-state index contributed by atoms with van der Waals surface area (Å²) in [6.07, 6.45) is 1.91. The Morgan fingerprint density at radius 3 is 2.50 bits per heavy atom. The average Bonchev–Trinajstić information content (AvgIpc) is 2.38. The highest BCUT2D eigenvalue weighted by atomic mass is 79.9. The van der Waals surface area contributed by atoms with Crippen molar-refractivity contribution in [1.82, 2.24) is 5.32 Å². The lowest BCUT2D eigenvalue weighted by Gasteiger charge is -2.18. The number of sulfone groups is 1. The van der Waals surface area contributed by atoms with Crippen molar-refractivity contribution in [3.8, 4) is 0 Å². The van der Waals surface area contributed by atoms with Crippen molar-refractivity contribution in [2.24, 2.45) is 0 Å². The van der Waals surface area contributed by atoms with Crippen LogP contribution in [0.4, 0.5) is 0 Å². The van der Waals surface area contributed by atoms with Gasteiger partial charge in [0.15, 0.2) is 0 Å². The van der Waals surface area contributed by atoms with Gasteiger partial charge in [-0.2, -0.15) is 0 Å². The molecule has 20 heavy (non-hydrogen) atoms. The van der Waals surface area contributed by atoms with Gasteiger partial charge in [-0.05, 0) is 30.0 Å².